The SMILES string of the molecule is COc1ccc(OCCNCC(O)COc2ccccc2C)cc1OC. The summed E-state index contributed by atoms with van der Waals surface area (Å²) in [6.45, 7) is 3.73. The number of benzene rings is 2. The highest BCUT2D eigenvalue weighted by molar-refractivity contribution is 5.45. The summed E-state index contributed by atoms with van der Waals surface area (Å²) in [6, 6.07) is 13.2. The smallest absolute Gasteiger partial charge is 0.164 e. The van der Waals surface area contributed by atoms with Crippen LogP contribution in [-0.2, 0) is 0 Å². The zero-order chi connectivity index (χ0) is 18.8. The van der Waals surface area contributed by atoms with Crippen LogP contribution in [0.15, 0.2) is 42.5 Å². The maximum absolute atomic E-state index is 9.98. The summed E-state index contributed by atoms with van der Waals surface area (Å²) in [5.74, 6) is 2.78. The van der Waals surface area contributed by atoms with Crippen molar-refractivity contribution >= 4 is 0 Å². The largest absolute Gasteiger partial charge is 0.493 e. The van der Waals surface area contributed by atoms with Crippen LogP contribution >= 0.6 is 0 Å². The van der Waals surface area contributed by atoms with Gasteiger partial charge < -0.3 is 29.4 Å². The van der Waals surface area contributed by atoms with Gasteiger partial charge in [0.05, 0.1) is 14.2 Å². The molecule has 0 saturated carbocycles. The molecule has 0 bridgehead atoms. The Hall–Kier alpha value is -2.44. The van der Waals surface area contributed by atoms with Gasteiger partial charge in [-0.05, 0) is 30.7 Å². The Morgan fingerprint density at radius 3 is 2.46 bits per heavy atom. The molecule has 0 aliphatic heterocycles. The molecule has 0 aliphatic rings. The van der Waals surface area contributed by atoms with E-state index in [-0.39, 0.29) is 6.61 Å². The molecule has 2 aromatic rings. The lowest BCUT2D eigenvalue weighted by Gasteiger charge is -2.15. The molecule has 1 unspecified atom stereocenters. The number of nitrogens with one attached hydrogen (secondary N) is 1. The molecule has 0 fully saturated rings. The average Bonchev–Trinajstić information content (AvgIpc) is 2.66. The van der Waals surface area contributed by atoms with E-state index < -0.39 is 6.10 Å². The van der Waals surface area contributed by atoms with Gasteiger partial charge in [-0.15, -0.1) is 0 Å². The van der Waals surface area contributed by atoms with Gasteiger partial charge in [0.15, 0.2) is 11.5 Å². The highest BCUT2D eigenvalue weighted by atomic mass is 16.5. The van der Waals surface area contributed by atoms with E-state index in [0.29, 0.717) is 36.9 Å². The minimum absolute atomic E-state index is 0.244. The first-order valence-corrected chi connectivity index (χ1v) is 8.56. The Kier molecular flexibility index (Phi) is 8.05. The van der Waals surface area contributed by atoms with Gasteiger partial charge >= 0.3 is 0 Å². The third-order valence-electron chi connectivity index (χ3n) is 3.81. The van der Waals surface area contributed by atoms with E-state index in [2.05, 4.69) is 5.32 Å². The second kappa shape index (κ2) is 10.5. The van der Waals surface area contributed by atoms with Crippen LogP contribution in [-0.4, -0.2) is 51.7 Å². The summed E-state index contributed by atoms with van der Waals surface area (Å²) in [5.41, 5.74) is 1.05. The van der Waals surface area contributed by atoms with Crippen molar-refractivity contribution in [2.24, 2.45) is 0 Å². The van der Waals surface area contributed by atoms with Crippen LogP contribution in [0.25, 0.3) is 0 Å². The summed E-state index contributed by atoms with van der Waals surface area (Å²) < 4.78 is 21.7. The molecule has 2 rings (SSSR count). The van der Waals surface area contributed by atoms with Crippen LogP contribution in [0, 0.1) is 6.92 Å². The zero-order valence-electron chi connectivity index (χ0n) is 15.5. The molecular formula is C20H27NO5. The van der Waals surface area contributed by atoms with E-state index in [0.717, 1.165) is 11.3 Å². The molecule has 26 heavy (non-hydrogen) atoms. The highest BCUT2D eigenvalue weighted by Gasteiger charge is 2.07. The summed E-state index contributed by atoms with van der Waals surface area (Å²) >= 11 is 0. The number of hydrogen-bond acceptors (Lipinski definition) is 6. The summed E-state index contributed by atoms with van der Waals surface area (Å²) in [5, 5.41) is 13.1. The van der Waals surface area contributed by atoms with Gasteiger partial charge in [-0.25, -0.2) is 0 Å². The van der Waals surface area contributed by atoms with Crippen molar-refractivity contribution in [3.8, 4) is 23.0 Å². The fraction of sp³-hybridized carbons (Fsp3) is 0.400. The molecule has 142 valence electrons. The summed E-state index contributed by atoms with van der Waals surface area (Å²) in [6.07, 6.45) is -0.587. The van der Waals surface area contributed by atoms with Crippen LogP contribution in [0.1, 0.15) is 5.56 Å². The van der Waals surface area contributed by atoms with E-state index in [9.17, 15) is 5.11 Å². The molecule has 0 heterocycles. The Labute approximate surface area is 154 Å². The maximum Gasteiger partial charge on any atom is 0.164 e. The Balaban J connectivity index is 1.63. The minimum Gasteiger partial charge on any atom is -0.493 e. The Morgan fingerprint density at radius 1 is 0.962 bits per heavy atom. The van der Waals surface area contributed by atoms with Gasteiger partial charge in [0.25, 0.3) is 0 Å². The van der Waals surface area contributed by atoms with Crippen molar-refractivity contribution in [2.75, 3.05) is 40.5 Å². The number of methoxy groups -OCH3 is 2. The van der Waals surface area contributed by atoms with E-state index in [1.165, 1.54) is 0 Å². The van der Waals surface area contributed by atoms with E-state index in [1.807, 2.05) is 37.3 Å². The van der Waals surface area contributed by atoms with Crippen molar-refractivity contribution in [1.29, 1.82) is 0 Å². The number of ether oxygens (including phenoxy) is 4. The lowest BCUT2D eigenvalue weighted by atomic mass is 10.2. The number of aliphatic hydroxyl groups is 1. The van der Waals surface area contributed by atoms with Crippen LogP contribution in [0.4, 0.5) is 0 Å². The fourth-order valence-corrected chi connectivity index (χ4v) is 2.38. The average molecular weight is 361 g/mol. The summed E-state index contributed by atoms with van der Waals surface area (Å²) in [7, 11) is 3.18. The second-order valence-electron chi connectivity index (χ2n) is 5.80. The Morgan fingerprint density at radius 2 is 1.73 bits per heavy atom. The quantitative estimate of drug-likeness (QED) is 0.599. The number of rotatable bonds is 11. The van der Waals surface area contributed by atoms with Gasteiger partial charge in [-0.2, -0.15) is 0 Å². The van der Waals surface area contributed by atoms with Crippen molar-refractivity contribution in [3.63, 3.8) is 0 Å². The number of aryl methyl sites for hydroxylation is 1. The lowest BCUT2D eigenvalue weighted by Crippen LogP contribution is -2.33. The van der Waals surface area contributed by atoms with E-state index in [1.54, 1.807) is 26.4 Å². The third-order valence-corrected chi connectivity index (χ3v) is 3.81. The first kappa shape index (κ1) is 19.9. The van der Waals surface area contributed by atoms with Gasteiger partial charge in [-0.1, -0.05) is 18.2 Å². The zero-order valence-corrected chi connectivity index (χ0v) is 15.5. The minimum atomic E-state index is -0.587. The lowest BCUT2D eigenvalue weighted by molar-refractivity contribution is 0.105. The van der Waals surface area contributed by atoms with E-state index in [4.69, 9.17) is 18.9 Å². The second-order valence-corrected chi connectivity index (χ2v) is 5.80. The molecule has 0 radical (unpaired) electrons. The third kappa shape index (κ3) is 6.13. The predicted molar refractivity (Wildman–Crippen MR) is 101 cm³/mol. The van der Waals surface area contributed by atoms with E-state index >= 15 is 0 Å². The highest BCUT2D eigenvalue weighted by Crippen LogP contribution is 2.30. The van der Waals surface area contributed by atoms with Crippen LogP contribution in [0.5, 0.6) is 23.0 Å². The van der Waals surface area contributed by atoms with Gasteiger partial charge in [-0.3, -0.25) is 0 Å². The molecule has 0 saturated heterocycles. The van der Waals surface area contributed by atoms with Gasteiger partial charge in [0, 0.05) is 19.2 Å². The predicted octanol–water partition coefficient (Wildman–Crippen LogP) is 2.42. The molecule has 0 amide bonds. The molecule has 0 aromatic heterocycles. The van der Waals surface area contributed by atoms with Crippen LogP contribution < -0.4 is 24.3 Å². The standard InChI is InChI=1S/C20H27NO5/c1-15-6-4-5-7-18(15)26-14-16(22)13-21-10-11-25-17-8-9-19(23-2)20(12-17)24-3/h4-9,12,16,21-22H,10-11,13-14H2,1-3H3. The summed E-state index contributed by atoms with van der Waals surface area (Å²) in [4.78, 5) is 0. The van der Waals surface area contributed by atoms with Crippen molar-refractivity contribution in [1.82, 2.24) is 5.32 Å². The fourth-order valence-electron chi connectivity index (χ4n) is 2.38. The first-order chi connectivity index (χ1) is 12.6. The first-order valence-electron chi connectivity index (χ1n) is 8.56. The molecule has 6 heteroatoms. The van der Waals surface area contributed by atoms with Crippen molar-refractivity contribution in [3.05, 3.63) is 48.0 Å². The molecule has 6 nitrogen and oxygen atoms in total. The molecule has 2 aromatic carbocycles. The molecule has 1 atom stereocenters. The van der Waals surface area contributed by atoms with Gasteiger partial charge in [0.2, 0.25) is 0 Å². The van der Waals surface area contributed by atoms with Crippen molar-refractivity contribution < 1.29 is 24.1 Å². The van der Waals surface area contributed by atoms with Gasteiger partial charge in [0.1, 0.15) is 30.8 Å². The molecule has 0 aliphatic carbocycles. The topological polar surface area (TPSA) is 69.2 Å². The normalized spacial score (nSPS) is 11.7. The number of aliphatic hydroxyl groups excluding tert-OH is 1. The number of para-hydroxylation sites is 1. The number of hydrogen-bond donors (Lipinski definition) is 2. The monoisotopic (exact) mass is 361 g/mol. The maximum atomic E-state index is 9.98. The molecule has 2 N–H and O–H groups in total. The van der Waals surface area contributed by atoms with Crippen LogP contribution in [0.3, 0.4) is 0 Å². The van der Waals surface area contributed by atoms with Crippen molar-refractivity contribution in [2.45, 2.75) is 13.0 Å². The molecule has 0 spiro atoms. The van der Waals surface area contributed by atoms with Crippen LogP contribution in [0.2, 0.25) is 0 Å². The Bertz CT molecular complexity index is 677. The molecular weight excluding hydrogens is 334 g/mol.